The first-order valence-electron chi connectivity index (χ1n) is 31.0. The topological polar surface area (TPSA) is 64.1 Å². The van der Waals surface area contributed by atoms with Gasteiger partial charge in [0.25, 0.3) is 0 Å². The summed E-state index contributed by atoms with van der Waals surface area (Å²) in [5.74, 6) is 0.813. The Bertz CT molecular complexity index is 929. The van der Waals surface area contributed by atoms with Crippen molar-refractivity contribution in [2.45, 2.75) is 342 Å². The van der Waals surface area contributed by atoms with Gasteiger partial charge in [0.1, 0.15) is 0 Å². The van der Waals surface area contributed by atoms with Crippen LogP contribution in [-0.2, 0) is 9.59 Å². The molecule has 6 heteroatoms. The fourth-order valence-corrected chi connectivity index (χ4v) is 10.8. The quantitative estimate of drug-likeness (QED) is 0.0617. The van der Waals surface area contributed by atoms with E-state index in [0.29, 0.717) is 17.9 Å². The van der Waals surface area contributed by atoms with Crippen molar-refractivity contribution in [3.05, 3.63) is 0 Å². The van der Waals surface area contributed by atoms with Gasteiger partial charge in [0, 0.05) is 45.1 Å². The van der Waals surface area contributed by atoms with Gasteiger partial charge in [-0.1, -0.05) is 246 Å². The molecule has 398 valence electrons. The second-order valence-corrected chi connectivity index (χ2v) is 21.8. The molecule has 0 aromatic rings. The summed E-state index contributed by atoms with van der Waals surface area (Å²) >= 11 is 0. The molecule has 2 unspecified atom stereocenters. The van der Waals surface area contributed by atoms with E-state index in [-0.39, 0.29) is 6.10 Å². The van der Waals surface area contributed by atoms with E-state index in [2.05, 4.69) is 42.4 Å². The highest BCUT2D eigenvalue weighted by Gasteiger charge is 2.30. The van der Waals surface area contributed by atoms with Crippen LogP contribution in [0.3, 0.4) is 0 Å². The maximum absolute atomic E-state index is 13.5. The Morgan fingerprint density at radius 3 is 0.821 bits per heavy atom. The molecule has 0 spiro atoms. The standard InChI is InChI=1S/C61H121N3O3/c1-5-9-13-17-21-25-33-43-54-63(55-44-34-26-22-18-14-10-6-2)60(66)50-39-31-29-37-41-52-62(58-48-47-49-59(58)65)53-42-38-30-32-40-51-61(67)64(56-45-35-27-23-19-15-11-7-3)57-46-36-28-24-20-16-12-8-4/h58-59,65H,5-57H2,1-4H3. The largest absolute Gasteiger partial charge is 0.391 e. The zero-order valence-corrected chi connectivity index (χ0v) is 46.2. The first kappa shape index (κ1) is 63.9. The van der Waals surface area contributed by atoms with Crippen molar-refractivity contribution in [1.29, 1.82) is 0 Å². The number of carbonyl (C=O) groups is 2. The number of nitrogens with zero attached hydrogens (tertiary/aromatic N) is 3. The third-order valence-corrected chi connectivity index (χ3v) is 15.4. The monoisotopic (exact) mass is 944 g/mol. The van der Waals surface area contributed by atoms with Crippen molar-refractivity contribution in [1.82, 2.24) is 14.7 Å². The lowest BCUT2D eigenvalue weighted by Crippen LogP contribution is -2.41. The molecule has 67 heavy (non-hydrogen) atoms. The molecular formula is C61H121N3O3. The van der Waals surface area contributed by atoms with E-state index in [1.165, 1.54) is 244 Å². The minimum atomic E-state index is -0.170. The maximum atomic E-state index is 13.5. The molecule has 0 radical (unpaired) electrons. The first-order chi connectivity index (χ1) is 33.0. The van der Waals surface area contributed by atoms with Gasteiger partial charge in [0.2, 0.25) is 11.8 Å². The maximum Gasteiger partial charge on any atom is 0.222 e. The lowest BCUT2D eigenvalue weighted by molar-refractivity contribution is -0.132. The van der Waals surface area contributed by atoms with Crippen LogP contribution < -0.4 is 0 Å². The molecule has 1 fully saturated rings. The van der Waals surface area contributed by atoms with E-state index in [9.17, 15) is 14.7 Å². The predicted molar refractivity (Wildman–Crippen MR) is 294 cm³/mol. The SMILES string of the molecule is CCCCCCCCCCN(CCCCCCCCCC)C(=O)CCCCCCCN(CCCCCCCC(=O)N(CCCCCCCCCC)CCCCCCCCCC)C1CCCC1O. The van der Waals surface area contributed by atoms with Crippen molar-refractivity contribution in [2.24, 2.45) is 0 Å². The average Bonchev–Trinajstić information content (AvgIpc) is 3.77. The van der Waals surface area contributed by atoms with Crippen LogP contribution in [0.1, 0.15) is 329 Å². The molecule has 0 saturated heterocycles. The lowest BCUT2D eigenvalue weighted by atomic mass is 10.1. The van der Waals surface area contributed by atoms with Crippen molar-refractivity contribution in [3.8, 4) is 0 Å². The van der Waals surface area contributed by atoms with Crippen LogP contribution in [0.5, 0.6) is 0 Å². The van der Waals surface area contributed by atoms with Crippen molar-refractivity contribution in [2.75, 3.05) is 39.3 Å². The Kier molecular flexibility index (Phi) is 47.5. The van der Waals surface area contributed by atoms with Gasteiger partial charge in [-0.25, -0.2) is 0 Å². The van der Waals surface area contributed by atoms with Crippen LogP contribution in [0.2, 0.25) is 0 Å². The summed E-state index contributed by atoms with van der Waals surface area (Å²) in [5.41, 5.74) is 0. The van der Waals surface area contributed by atoms with E-state index in [4.69, 9.17) is 0 Å². The summed E-state index contributed by atoms with van der Waals surface area (Å²) in [6.07, 6.45) is 58.3. The van der Waals surface area contributed by atoms with E-state index in [1.807, 2.05) is 0 Å². The van der Waals surface area contributed by atoms with Crippen molar-refractivity contribution < 1.29 is 14.7 Å². The highest BCUT2D eigenvalue weighted by molar-refractivity contribution is 5.76. The summed E-state index contributed by atoms with van der Waals surface area (Å²) in [5, 5.41) is 10.9. The molecule has 0 aliphatic heterocycles. The third-order valence-electron chi connectivity index (χ3n) is 15.4. The third kappa shape index (κ3) is 39.2. The Hall–Kier alpha value is -1.14. The number of hydrogen-bond donors (Lipinski definition) is 1. The Morgan fingerprint density at radius 2 is 0.567 bits per heavy atom. The number of unbranched alkanes of at least 4 members (excludes halogenated alkanes) is 36. The smallest absolute Gasteiger partial charge is 0.222 e. The van der Waals surface area contributed by atoms with Gasteiger partial charge in [-0.3, -0.25) is 14.5 Å². The molecule has 0 aromatic carbocycles. The second kappa shape index (κ2) is 49.8. The summed E-state index contributed by atoms with van der Waals surface area (Å²) in [6, 6.07) is 0.330. The zero-order chi connectivity index (χ0) is 48.5. The molecule has 1 saturated carbocycles. The summed E-state index contributed by atoms with van der Waals surface area (Å²) in [4.78, 5) is 34.0. The normalized spacial score (nSPS) is 15.0. The van der Waals surface area contributed by atoms with E-state index >= 15 is 0 Å². The number of rotatable bonds is 53. The molecule has 0 bridgehead atoms. The minimum Gasteiger partial charge on any atom is -0.391 e. The van der Waals surface area contributed by atoms with Crippen LogP contribution in [-0.4, -0.2) is 83.0 Å². The van der Waals surface area contributed by atoms with Gasteiger partial charge < -0.3 is 14.9 Å². The number of aliphatic hydroxyl groups excluding tert-OH is 1. The molecule has 6 nitrogen and oxygen atoms in total. The summed E-state index contributed by atoms with van der Waals surface area (Å²) < 4.78 is 0. The van der Waals surface area contributed by atoms with Gasteiger partial charge in [-0.15, -0.1) is 0 Å². The molecular weight excluding hydrogens is 823 g/mol. The van der Waals surface area contributed by atoms with Crippen molar-refractivity contribution >= 4 is 11.8 Å². The zero-order valence-electron chi connectivity index (χ0n) is 46.2. The molecule has 2 amide bonds. The van der Waals surface area contributed by atoms with Crippen molar-refractivity contribution in [3.63, 3.8) is 0 Å². The molecule has 1 rings (SSSR count). The molecule has 0 heterocycles. The number of aliphatic hydroxyl groups is 1. The average molecular weight is 945 g/mol. The molecule has 2 atom stereocenters. The highest BCUT2D eigenvalue weighted by atomic mass is 16.3. The van der Waals surface area contributed by atoms with Crippen LogP contribution in [0.25, 0.3) is 0 Å². The lowest BCUT2D eigenvalue weighted by Gasteiger charge is -2.31. The molecule has 0 aromatic heterocycles. The number of carbonyl (C=O) groups excluding carboxylic acids is 2. The Balaban J connectivity index is 2.41. The molecule has 1 aliphatic rings. The van der Waals surface area contributed by atoms with Gasteiger partial charge in [-0.2, -0.15) is 0 Å². The molecule has 1 N–H and O–H groups in total. The number of amides is 2. The van der Waals surface area contributed by atoms with Gasteiger partial charge in [-0.05, 0) is 83.7 Å². The van der Waals surface area contributed by atoms with Crippen LogP contribution in [0.15, 0.2) is 0 Å². The Morgan fingerprint density at radius 1 is 0.328 bits per heavy atom. The summed E-state index contributed by atoms with van der Waals surface area (Å²) in [6.45, 7) is 15.2. The highest BCUT2D eigenvalue weighted by Crippen LogP contribution is 2.26. The fourth-order valence-electron chi connectivity index (χ4n) is 10.8. The van der Waals surface area contributed by atoms with E-state index in [1.54, 1.807) is 0 Å². The molecule has 1 aliphatic carbocycles. The summed E-state index contributed by atoms with van der Waals surface area (Å²) in [7, 11) is 0. The van der Waals surface area contributed by atoms with Crippen LogP contribution in [0.4, 0.5) is 0 Å². The minimum absolute atomic E-state index is 0.170. The fraction of sp³-hybridized carbons (Fsp3) is 0.967. The van der Waals surface area contributed by atoms with E-state index < -0.39 is 0 Å². The van der Waals surface area contributed by atoms with E-state index in [0.717, 1.165) is 97.1 Å². The van der Waals surface area contributed by atoms with Gasteiger partial charge >= 0.3 is 0 Å². The first-order valence-corrected chi connectivity index (χ1v) is 31.0. The van der Waals surface area contributed by atoms with Gasteiger partial charge in [0.05, 0.1) is 6.10 Å². The Labute approximate surface area is 420 Å². The van der Waals surface area contributed by atoms with Crippen LogP contribution >= 0.6 is 0 Å². The second-order valence-electron chi connectivity index (χ2n) is 21.8. The van der Waals surface area contributed by atoms with Crippen LogP contribution in [0, 0.1) is 0 Å². The predicted octanol–water partition coefficient (Wildman–Crippen LogP) is 18.1. The van der Waals surface area contributed by atoms with Gasteiger partial charge in [0.15, 0.2) is 0 Å². The number of hydrogen-bond acceptors (Lipinski definition) is 4.